The molecular formula is C25H19F4NO2. The van der Waals surface area contributed by atoms with Crippen molar-refractivity contribution >= 4 is 34.5 Å². The quantitative estimate of drug-likeness (QED) is 0.418. The Balaban J connectivity index is 2.20. The molecule has 0 spiro atoms. The van der Waals surface area contributed by atoms with Gasteiger partial charge in [-0.25, -0.2) is 9.18 Å². The molecule has 164 valence electrons. The molecule has 0 aliphatic carbocycles. The molecule has 0 bridgehead atoms. The van der Waals surface area contributed by atoms with Crippen molar-refractivity contribution in [3.05, 3.63) is 92.1 Å². The molecule has 7 heteroatoms. The molecule has 0 amide bonds. The average molecular weight is 441 g/mol. The number of alkyl halides is 3. The van der Waals surface area contributed by atoms with Crippen molar-refractivity contribution in [1.82, 2.24) is 4.57 Å². The van der Waals surface area contributed by atoms with E-state index in [1.165, 1.54) is 12.1 Å². The number of aromatic nitrogens is 1. The number of nitrogens with zero attached hydrogens (tertiary/aromatic N) is 1. The third-order valence-electron chi connectivity index (χ3n) is 5.53. The summed E-state index contributed by atoms with van der Waals surface area (Å²) in [5, 5.41) is 0.980. The summed E-state index contributed by atoms with van der Waals surface area (Å²) in [6.45, 7) is 7.25. The predicted octanol–water partition coefficient (Wildman–Crippen LogP) is 5.03. The Morgan fingerprint density at radius 1 is 1.19 bits per heavy atom. The second-order valence-electron chi connectivity index (χ2n) is 7.48. The molecule has 0 saturated carbocycles. The highest BCUT2D eigenvalue weighted by Gasteiger charge is 2.31. The number of rotatable bonds is 3. The summed E-state index contributed by atoms with van der Waals surface area (Å²) in [5.74, 6) is -0.406. The van der Waals surface area contributed by atoms with Crippen LogP contribution in [0.25, 0.3) is 34.5 Å². The van der Waals surface area contributed by atoms with E-state index in [1.54, 1.807) is 48.8 Å². The van der Waals surface area contributed by atoms with Gasteiger partial charge in [-0.3, -0.25) is 0 Å². The van der Waals surface area contributed by atoms with Gasteiger partial charge in [0.15, 0.2) is 0 Å². The first-order valence-electron chi connectivity index (χ1n) is 9.85. The van der Waals surface area contributed by atoms with Crippen LogP contribution in [-0.4, -0.2) is 4.57 Å². The maximum atomic E-state index is 14.1. The molecule has 0 unspecified atom stereocenters. The lowest BCUT2D eigenvalue weighted by Gasteiger charge is -2.11. The lowest BCUT2D eigenvalue weighted by Crippen LogP contribution is -2.29. The first kappa shape index (κ1) is 21.6. The van der Waals surface area contributed by atoms with Crippen molar-refractivity contribution in [2.75, 3.05) is 0 Å². The summed E-state index contributed by atoms with van der Waals surface area (Å²) in [5.41, 5.74) is 0.00662. The van der Waals surface area contributed by atoms with Gasteiger partial charge in [-0.2, -0.15) is 13.2 Å². The van der Waals surface area contributed by atoms with Gasteiger partial charge in [-0.1, -0.05) is 36.9 Å². The van der Waals surface area contributed by atoms with E-state index in [4.69, 9.17) is 4.42 Å². The van der Waals surface area contributed by atoms with E-state index in [9.17, 15) is 22.4 Å². The number of hydrogen-bond acceptors (Lipinski definition) is 2. The Bertz CT molecular complexity index is 1560. The molecule has 32 heavy (non-hydrogen) atoms. The van der Waals surface area contributed by atoms with Crippen LogP contribution in [0.3, 0.4) is 0 Å². The normalized spacial score (nSPS) is 13.1. The van der Waals surface area contributed by atoms with Gasteiger partial charge in [-0.05, 0) is 49.2 Å². The highest BCUT2D eigenvalue weighted by atomic mass is 19.4. The molecule has 2 heterocycles. The van der Waals surface area contributed by atoms with E-state index in [0.717, 1.165) is 12.1 Å². The molecule has 2 aromatic carbocycles. The molecular weight excluding hydrogens is 422 g/mol. The van der Waals surface area contributed by atoms with Crippen LogP contribution < -0.4 is 16.3 Å². The Morgan fingerprint density at radius 3 is 2.62 bits per heavy atom. The minimum atomic E-state index is -4.55. The van der Waals surface area contributed by atoms with Gasteiger partial charge in [0.2, 0.25) is 0 Å². The van der Waals surface area contributed by atoms with Crippen LogP contribution in [0, 0.1) is 12.7 Å². The first-order valence-corrected chi connectivity index (χ1v) is 9.85. The van der Waals surface area contributed by atoms with Crippen molar-refractivity contribution < 1.29 is 22.0 Å². The fraction of sp³-hybridized carbons (Fsp3) is 0.160. The van der Waals surface area contributed by atoms with Crippen LogP contribution >= 0.6 is 0 Å². The number of halogens is 4. The van der Waals surface area contributed by atoms with Crippen molar-refractivity contribution in [1.29, 1.82) is 0 Å². The Morgan fingerprint density at radius 2 is 1.94 bits per heavy atom. The lowest BCUT2D eigenvalue weighted by molar-refractivity contribution is -0.137. The number of fused-ring (bicyclic) bond motifs is 3. The fourth-order valence-electron chi connectivity index (χ4n) is 3.90. The van der Waals surface area contributed by atoms with E-state index in [-0.39, 0.29) is 22.9 Å². The zero-order valence-corrected chi connectivity index (χ0v) is 17.4. The number of hydrogen-bond donors (Lipinski definition) is 0. The third kappa shape index (κ3) is 3.53. The van der Waals surface area contributed by atoms with E-state index in [2.05, 4.69) is 6.58 Å². The second kappa shape index (κ2) is 7.82. The zero-order chi connectivity index (χ0) is 23.2. The van der Waals surface area contributed by atoms with Gasteiger partial charge in [0, 0.05) is 28.1 Å². The molecule has 0 fully saturated rings. The average Bonchev–Trinajstić information content (AvgIpc) is 3.05. The smallest absolute Gasteiger partial charge is 0.416 e. The van der Waals surface area contributed by atoms with Crippen LogP contribution in [-0.2, 0) is 12.7 Å². The number of allylic oxidation sites excluding steroid dienone is 2. The zero-order valence-electron chi connectivity index (χ0n) is 17.4. The van der Waals surface area contributed by atoms with Crippen LogP contribution in [0.15, 0.2) is 57.8 Å². The van der Waals surface area contributed by atoms with Gasteiger partial charge in [0.25, 0.3) is 0 Å². The van der Waals surface area contributed by atoms with Gasteiger partial charge < -0.3 is 8.98 Å². The van der Waals surface area contributed by atoms with Crippen LogP contribution in [0.2, 0.25) is 0 Å². The van der Waals surface area contributed by atoms with E-state index < -0.39 is 23.2 Å². The third-order valence-corrected chi connectivity index (χ3v) is 5.53. The maximum Gasteiger partial charge on any atom is 0.416 e. The van der Waals surface area contributed by atoms with Gasteiger partial charge in [-0.15, -0.1) is 0 Å². The fourth-order valence-corrected chi connectivity index (χ4v) is 3.90. The van der Waals surface area contributed by atoms with Crippen LogP contribution in [0.4, 0.5) is 17.6 Å². The highest BCUT2D eigenvalue weighted by Crippen LogP contribution is 2.34. The largest absolute Gasteiger partial charge is 0.422 e. The second-order valence-corrected chi connectivity index (χ2v) is 7.48. The Labute approximate surface area is 180 Å². The molecule has 4 rings (SSSR count). The number of benzene rings is 2. The summed E-state index contributed by atoms with van der Waals surface area (Å²) >= 11 is 0. The molecule has 2 aromatic heterocycles. The SMILES string of the molecule is C=c1oc(=O)c2c(/c1=C/C=C\C)c1cc(C(F)(F)F)ccc1n2Cc1cccc(F)c1C. The summed E-state index contributed by atoms with van der Waals surface area (Å²) in [7, 11) is 0. The molecule has 0 atom stereocenters. The molecule has 3 nitrogen and oxygen atoms in total. The van der Waals surface area contributed by atoms with Crippen LogP contribution in [0.1, 0.15) is 23.6 Å². The topological polar surface area (TPSA) is 35.1 Å². The predicted molar refractivity (Wildman–Crippen MR) is 117 cm³/mol. The van der Waals surface area contributed by atoms with Crippen molar-refractivity contribution in [3.8, 4) is 0 Å². The minimum Gasteiger partial charge on any atom is -0.422 e. The molecule has 0 aliphatic heterocycles. The lowest BCUT2D eigenvalue weighted by atomic mass is 10.1. The van der Waals surface area contributed by atoms with E-state index in [1.807, 2.05) is 0 Å². The van der Waals surface area contributed by atoms with Gasteiger partial charge in [0.05, 0.1) is 5.56 Å². The molecule has 0 aliphatic rings. The molecule has 0 saturated heterocycles. The van der Waals surface area contributed by atoms with E-state index >= 15 is 0 Å². The Kier molecular flexibility index (Phi) is 5.28. The maximum absolute atomic E-state index is 14.1. The standard InChI is InChI=1S/C25H19F4NO2/c1-4-5-8-18-15(3)32-24(31)23-22(18)19-12-17(25(27,28)29)10-11-21(19)30(23)13-16-7-6-9-20(26)14(16)2/h4-12H,3,13H2,1-2H3/b5-4-,18-8+. The molecule has 0 N–H and O–H groups in total. The van der Waals surface area contributed by atoms with Crippen molar-refractivity contribution in [2.24, 2.45) is 0 Å². The summed E-state index contributed by atoms with van der Waals surface area (Å²) < 4.78 is 61.4. The van der Waals surface area contributed by atoms with Crippen LogP contribution in [0.5, 0.6) is 0 Å². The minimum absolute atomic E-state index is 0.0546. The highest BCUT2D eigenvalue weighted by molar-refractivity contribution is 6.08. The molecule has 0 radical (unpaired) electrons. The summed E-state index contributed by atoms with van der Waals surface area (Å²) in [6, 6.07) is 7.92. The van der Waals surface area contributed by atoms with Crippen molar-refractivity contribution in [3.63, 3.8) is 0 Å². The van der Waals surface area contributed by atoms with Gasteiger partial charge in [0.1, 0.15) is 16.7 Å². The molecule has 4 aromatic rings. The summed E-state index contributed by atoms with van der Waals surface area (Å²) in [6.07, 6.45) is 0.524. The van der Waals surface area contributed by atoms with Crippen molar-refractivity contribution in [2.45, 2.75) is 26.6 Å². The van der Waals surface area contributed by atoms with Gasteiger partial charge >= 0.3 is 11.8 Å². The monoisotopic (exact) mass is 441 g/mol. The first-order chi connectivity index (χ1) is 15.1. The Hall–Kier alpha value is -3.61. The van der Waals surface area contributed by atoms with E-state index in [0.29, 0.717) is 27.2 Å². The summed E-state index contributed by atoms with van der Waals surface area (Å²) in [4.78, 5) is 12.9.